The molecule has 0 aliphatic rings. The van der Waals surface area contributed by atoms with Crippen LogP contribution in [0.4, 0.5) is 0 Å². The van der Waals surface area contributed by atoms with E-state index >= 15 is 0 Å². The summed E-state index contributed by atoms with van der Waals surface area (Å²) in [6.45, 7) is 0. The summed E-state index contributed by atoms with van der Waals surface area (Å²) in [5, 5.41) is 6.96. The monoisotopic (exact) mass is 1100 g/mol. The molecule has 0 radical (unpaired) electrons. The predicted molar refractivity (Wildman–Crippen MR) is 337 cm³/mol. The number of fused-ring (bicyclic) bond motifs is 9. The van der Waals surface area contributed by atoms with E-state index in [2.05, 4.69) is 86.5 Å². The lowest BCUT2D eigenvalue weighted by molar-refractivity contribution is 0.0725. The van der Waals surface area contributed by atoms with Gasteiger partial charge in [-0.15, -0.1) is 0 Å². The van der Waals surface area contributed by atoms with Gasteiger partial charge in [0, 0.05) is 55.3 Å². The van der Waals surface area contributed by atoms with Gasteiger partial charge in [0.2, 0.25) is 0 Å². The molecule has 3 aromatic heterocycles. The Bertz CT molecular complexity index is 4390. The van der Waals surface area contributed by atoms with E-state index in [1.165, 1.54) is 0 Å². The van der Waals surface area contributed by atoms with Crippen molar-refractivity contribution in [1.29, 1.82) is 0 Å². The van der Waals surface area contributed by atoms with E-state index < -0.39 is 17.9 Å². The van der Waals surface area contributed by atoms with Crippen LogP contribution in [0.1, 0.15) is 53.7 Å². The second-order valence-electron chi connectivity index (χ2n) is 21.1. The van der Waals surface area contributed by atoms with Gasteiger partial charge in [0.15, 0.2) is 0 Å². The average Bonchev–Trinajstić information content (AvgIpc) is 2.37. The first-order valence-electron chi connectivity index (χ1n) is 28.1. The van der Waals surface area contributed by atoms with Gasteiger partial charge < -0.3 is 27.9 Å². The number of nitrogens with zero attached hydrogens (tertiary/aromatic N) is 3. The van der Waals surface area contributed by atoms with Crippen molar-refractivity contribution >= 4 is 83.3 Å². The van der Waals surface area contributed by atoms with Crippen molar-refractivity contribution in [2.45, 2.75) is 5.92 Å². The Morgan fingerprint density at radius 3 is 0.647 bits per heavy atom. The summed E-state index contributed by atoms with van der Waals surface area (Å²) < 4.78 is 24.5. The Hall–Kier alpha value is -11.6. The molecule has 0 aliphatic heterocycles. The van der Waals surface area contributed by atoms with Crippen LogP contribution in [0.3, 0.4) is 0 Å². The van der Waals surface area contributed by atoms with Gasteiger partial charge >= 0.3 is 17.9 Å². The first kappa shape index (κ1) is 50.4. The quantitative estimate of drug-likeness (QED) is 0.0687. The van der Waals surface area contributed by atoms with Gasteiger partial charge in [0.05, 0.1) is 49.8 Å². The number of hydrogen-bond donors (Lipinski definition) is 0. The second kappa shape index (κ2) is 21.1. The number of esters is 3. The molecule has 0 amide bonds. The van der Waals surface area contributed by atoms with Gasteiger partial charge in [-0.1, -0.05) is 146 Å². The molecule has 9 nitrogen and oxygen atoms in total. The number of ether oxygens (including phenoxy) is 3. The summed E-state index contributed by atoms with van der Waals surface area (Å²) in [5.74, 6) is -0.627. The standard InChI is InChI=1S/C76H49N3O6/c80-74(52-25-37-55(38-26-52)77-67-19-7-1-13-61(67)62-14-2-8-20-68(62)77)83-58-43-31-49(32-44-58)73(50-33-45-59(46-34-50)84-75(81)53-27-39-56(40-28-53)78-69-21-9-3-15-63(69)64-16-4-10-22-70(64)78)51-35-47-60(48-36-51)85-76(82)54-29-41-57(42-30-54)79-71-23-11-5-17-65(71)66-18-6-12-24-72(66)79/h1-48,73H. The highest BCUT2D eigenvalue weighted by atomic mass is 16.5. The summed E-state index contributed by atoms with van der Waals surface area (Å²) in [5.41, 5.74) is 13.3. The molecule has 15 rings (SSSR count). The zero-order valence-electron chi connectivity index (χ0n) is 45.6. The maximum atomic E-state index is 13.7. The lowest BCUT2D eigenvalue weighted by Crippen LogP contribution is -2.10. The fourth-order valence-corrected chi connectivity index (χ4v) is 12.1. The van der Waals surface area contributed by atoms with Crippen LogP contribution in [-0.2, 0) is 0 Å². The van der Waals surface area contributed by atoms with Crippen LogP contribution in [0.2, 0.25) is 0 Å². The Kier molecular flexibility index (Phi) is 12.5. The number of rotatable bonds is 12. The molecule has 85 heavy (non-hydrogen) atoms. The van der Waals surface area contributed by atoms with Gasteiger partial charge in [-0.25, -0.2) is 14.4 Å². The molecule has 0 saturated heterocycles. The second-order valence-corrected chi connectivity index (χ2v) is 21.1. The van der Waals surface area contributed by atoms with Gasteiger partial charge in [0.1, 0.15) is 17.2 Å². The van der Waals surface area contributed by atoms with Crippen LogP contribution in [0.25, 0.3) is 82.5 Å². The molecule has 0 fully saturated rings. The minimum atomic E-state index is -0.480. The minimum absolute atomic E-state index is 0.338. The third-order valence-corrected chi connectivity index (χ3v) is 16.1. The molecule has 0 saturated carbocycles. The fourth-order valence-electron chi connectivity index (χ4n) is 12.1. The zero-order chi connectivity index (χ0) is 57.0. The van der Waals surface area contributed by atoms with Gasteiger partial charge in [-0.3, -0.25) is 0 Å². The van der Waals surface area contributed by atoms with Crippen molar-refractivity contribution in [1.82, 2.24) is 13.7 Å². The highest BCUT2D eigenvalue weighted by Crippen LogP contribution is 2.38. The molecule has 0 atom stereocenters. The molecule has 3 heterocycles. The molecule has 404 valence electrons. The van der Waals surface area contributed by atoms with E-state index in [0.29, 0.717) is 33.9 Å². The number of para-hydroxylation sites is 6. The van der Waals surface area contributed by atoms with Gasteiger partial charge in [-0.2, -0.15) is 0 Å². The van der Waals surface area contributed by atoms with Crippen LogP contribution in [0, 0.1) is 0 Å². The van der Waals surface area contributed by atoms with Crippen molar-refractivity contribution in [3.8, 4) is 34.3 Å². The maximum Gasteiger partial charge on any atom is 0.343 e. The lowest BCUT2D eigenvalue weighted by Gasteiger charge is -2.20. The molecular formula is C76H49N3O6. The number of carbonyl (C=O) groups is 3. The Balaban J connectivity index is 0.680. The smallest absolute Gasteiger partial charge is 0.343 e. The van der Waals surface area contributed by atoms with Crippen LogP contribution >= 0.6 is 0 Å². The number of hydrogen-bond acceptors (Lipinski definition) is 6. The van der Waals surface area contributed by atoms with Gasteiger partial charge in [-0.05, 0) is 162 Å². The van der Waals surface area contributed by atoms with Crippen molar-refractivity contribution in [2.75, 3.05) is 0 Å². The third kappa shape index (κ3) is 9.13. The molecule has 0 aliphatic carbocycles. The highest BCUT2D eigenvalue weighted by molar-refractivity contribution is 6.11. The Morgan fingerprint density at radius 1 is 0.235 bits per heavy atom. The SMILES string of the molecule is O=C(Oc1ccc(C(c2ccc(OC(=O)c3ccc(-n4c5ccccc5c5ccccc54)cc3)cc2)c2ccc(OC(=O)c3ccc(-n4c5ccccc5c5ccccc54)cc3)cc2)cc1)c1ccc(-n2c3ccccc3c3ccccc32)cc1. The van der Waals surface area contributed by atoms with Crippen molar-refractivity contribution in [3.05, 3.63) is 325 Å². The summed E-state index contributed by atoms with van der Waals surface area (Å²) in [6.07, 6.45) is 0. The molecular weight excluding hydrogens is 1050 g/mol. The fraction of sp³-hybridized carbons (Fsp3) is 0.0132. The Morgan fingerprint density at radius 2 is 0.435 bits per heavy atom. The Labute approximate surface area is 488 Å². The van der Waals surface area contributed by atoms with E-state index in [0.717, 1.165) is 99.2 Å². The first-order valence-corrected chi connectivity index (χ1v) is 28.1. The average molecular weight is 1100 g/mol. The lowest BCUT2D eigenvalue weighted by atomic mass is 9.85. The summed E-state index contributed by atoms with van der Waals surface area (Å²) in [4.78, 5) is 41.1. The molecule has 0 spiro atoms. The van der Waals surface area contributed by atoms with Crippen LogP contribution in [0.5, 0.6) is 17.2 Å². The molecule has 12 aromatic carbocycles. The summed E-state index contributed by atoms with van der Waals surface area (Å²) >= 11 is 0. The number of aromatic nitrogens is 3. The van der Waals surface area contributed by atoms with Crippen LogP contribution in [0.15, 0.2) is 291 Å². The van der Waals surface area contributed by atoms with Crippen molar-refractivity contribution in [3.63, 3.8) is 0 Å². The van der Waals surface area contributed by atoms with Crippen molar-refractivity contribution in [2.24, 2.45) is 0 Å². The zero-order valence-corrected chi connectivity index (χ0v) is 45.6. The summed E-state index contributed by atoms with van der Waals surface area (Å²) in [6, 6.07) is 94.6. The number of benzene rings is 12. The topological polar surface area (TPSA) is 93.7 Å². The van der Waals surface area contributed by atoms with Crippen LogP contribution in [-0.4, -0.2) is 31.6 Å². The molecule has 9 heteroatoms. The van der Waals surface area contributed by atoms with Crippen LogP contribution < -0.4 is 14.2 Å². The molecule has 15 aromatic rings. The van der Waals surface area contributed by atoms with E-state index in [4.69, 9.17) is 14.2 Å². The van der Waals surface area contributed by atoms with E-state index in [1.807, 2.05) is 146 Å². The molecule has 0 unspecified atom stereocenters. The highest BCUT2D eigenvalue weighted by Gasteiger charge is 2.22. The largest absolute Gasteiger partial charge is 0.423 e. The van der Waals surface area contributed by atoms with E-state index in [9.17, 15) is 14.4 Å². The first-order chi connectivity index (χ1) is 41.9. The minimum Gasteiger partial charge on any atom is -0.423 e. The normalized spacial score (nSPS) is 11.5. The molecule has 0 bridgehead atoms. The van der Waals surface area contributed by atoms with Crippen molar-refractivity contribution < 1.29 is 28.6 Å². The summed E-state index contributed by atoms with van der Waals surface area (Å²) in [7, 11) is 0. The van der Waals surface area contributed by atoms with Gasteiger partial charge in [0.25, 0.3) is 0 Å². The predicted octanol–water partition coefficient (Wildman–Crippen LogP) is 17.8. The number of carbonyl (C=O) groups excluding carboxylic acids is 3. The third-order valence-electron chi connectivity index (χ3n) is 16.1. The van der Waals surface area contributed by atoms with E-state index in [1.54, 1.807) is 72.8 Å². The molecule has 0 N–H and O–H groups in total. The maximum absolute atomic E-state index is 13.7. The van der Waals surface area contributed by atoms with E-state index in [-0.39, 0.29) is 5.92 Å².